The Hall–Kier alpha value is -0.570. The van der Waals surface area contributed by atoms with Crippen molar-refractivity contribution in [3.8, 4) is 0 Å². The van der Waals surface area contributed by atoms with E-state index in [9.17, 15) is 4.79 Å². The first kappa shape index (κ1) is 12.9. The average molecular weight is 273 g/mol. The molecule has 92 valence electrons. The summed E-state index contributed by atoms with van der Waals surface area (Å²) >= 11 is 11.7. The van der Waals surface area contributed by atoms with Crippen LogP contribution in [0.1, 0.15) is 30.1 Å². The molecule has 1 saturated carbocycles. The molecule has 1 fully saturated rings. The number of hydrogen-bond acceptors (Lipinski definition) is 2. The SMILES string of the molecule is CCOC(C(=O)c1ccc(Cl)c(Cl)c1)C1CC1. The number of hydrogen-bond donors (Lipinski definition) is 0. The first-order chi connectivity index (χ1) is 8.13. The molecule has 0 aliphatic heterocycles. The maximum atomic E-state index is 12.3. The molecule has 0 heterocycles. The Balaban J connectivity index is 2.19. The second-order valence-electron chi connectivity index (χ2n) is 4.21. The molecule has 0 spiro atoms. The van der Waals surface area contributed by atoms with Gasteiger partial charge in [0.1, 0.15) is 6.10 Å². The molecule has 1 aromatic rings. The lowest BCUT2D eigenvalue weighted by atomic mass is 10.0. The molecule has 4 heteroatoms. The van der Waals surface area contributed by atoms with Gasteiger partial charge in [-0.2, -0.15) is 0 Å². The van der Waals surface area contributed by atoms with Crippen molar-refractivity contribution in [2.45, 2.75) is 25.9 Å². The number of benzene rings is 1. The van der Waals surface area contributed by atoms with Crippen LogP contribution in [-0.4, -0.2) is 18.5 Å². The van der Waals surface area contributed by atoms with Gasteiger partial charge in [0, 0.05) is 12.2 Å². The summed E-state index contributed by atoms with van der Waals surface area (Å²) in [6.45, 7) is 2.45. The van der Waals surface area contributed by atoms with Crippen molar-refractivity contribution in [1.29, 1.82) is 0 Å². The van der Waals surface area contributed by atoms with Crippen LogP contribution in [0.15, 0.2) is 18.2 Å². The van der Waals surface area contributed by atoms with Crippen LogP contribution in [0.3, 0.4) is 0 Å². The minimum Gasteiger partial charge on any atom is -0.370 e. The van der Waals surface area contributed by atoms with Gasteiger partial charge >= 0.3 is 0 Å². The predicted octanol–water partition coefficient (Wildman–Crippen LogP) is 3.99. The summed E-state index contributed by atoms with van der Waals surface area (Å²) in [5, 5.41) is 0.867. The highest BCUT2D eigenvalue weighted by atomic mass is 35.5. The second-order valence-corrected chi connectivity index (χ2v) is 5.02. The quantitative estimate of drug-likeness (QED) is 0.758. The van der Waals surface area contributed by atoms with Crippen molar-refractivity contribution < 1.29 is 9.53 Å². The zero-order chi connectivity index (χ0) is 12.4. The monoisotopic (exact) mass is 272 g/mol. The number of carbonyl (C=O) groups is 1. The van der Waals surface area contributed by atoms with Crippen LogP contribution in [0, 0.1) is 5.92 Å². The molecule has 17 heavy (non-hydrogen) atoms. The van der Waals surface area contributed by atoms with Crippen LogP contribution in [0.4, 0.5) is 0 Å². The Kier molecular flexibility index (Phi) is 4.08. The Labute approximate surface area is 111 Å². The number of carbonyl (C=O) groups excluding carboxylic acids is 1. The fourth-order valence-electron chi connectivity index (χ4n) is 1.82. The summed E-state index contributed by atoms with van der Waals surface area (Å²) in [5.41, 5.74) is 0.574. The molecule has 0 saturated heterocycles. The Bertz CT molecular complexity index is 427. The topological polar surface area (TPSA) is 26.3 Å². The van der Waals surface area contributed by atoms with Gasteiger partial charge in [-0.15, -0.1) is 0 Å². The zero-order valence-electron chi connectivity index (χ0n) is 9.58. The lowest BCUT2D eigenvalue weighted by Gasteiger charge is -2.15. The van der Waals surface area contributed by atoms with Crippen molar-refractivity contribution in [1.82, 2.24) is 0 Å². The number of halogens is 2. The summed E-state index contributed by atoms with van der Waals surface area (Å²) < 4.78 is 5.53. The molecule has 1 unspecified atom stereocenters. The summed E-state index contributed by atoms with van der Waals surface area (Å²) in [4.78, 5) is 12.3. The highest BCUT2D eigenvalue weighted by molar-refractivity contribution is 6.42. The molecular weight excluding hydrogens is 259 g/mol. The molecule has 0 amide bonds. The molecule has 1 aliphatic rings. The Morgan fingerprint density at radius 3 is 2.65 bits per heavy atom. The minimum atomic E-state index is -0.322. The van der Waals surface area contributed by atoms with Gasteiger partial charge in [-0.25, -0.2) is 0 Å². The average Bonchev–Trinajstić information content (AvgIpc) is 3.13. The van der Waals surface area contributed by atoms with Crippen molar-refractivity contribution in [2.75, 3.05) is 6.61 Å². The fraction of sp³-hybridized carbons (Fsp3) is 0.462. The minimum absolute atomic E-state index is 0.00733. The number of ketones is 1. The van der Waals surface area contributed by atoms with Crippen LogP contribution < -0.4 is 0 Å². The van der Waals surface area contributed by atoms with Gasteiger partial charge in [-0.1, -0.05) is 23.2 Å². The zero-order valence-corrected chi connectivity index (χ0v) is 11.1. The van der Waals surface area contributed by atoms with Crippen LogP contribution >= 0.6 is 23.2 Å². The standard InChI is InChI=1S/C13H14Cl2O2/c1-2-17-13(8-3-4-8)12(16)9-5-6-10(14)11(15)7-9/h5-8,13H,2-4H2,1H3. The third-order valence-corrected chi connectivity index (χ3v) is 3.60. The Morgan fingerprint density at radius 1 is 1.41 bits per heavy atom. The summed E-state index contributed by atoms with van der Waals surface area (Å²) in [7, 11) is 0. The molecule has 2 rings (SSSR count). The predicted molar refractivity (Wildman–Crippen MR) is 68.9 cm³/mol. The number of rotatable bonds is 5. The van der Waals surface area contributed by atoms with E-state index in [2.05, 4.69) is 0 Å². The molecule has 1 atom stereocenters. The molecule has 0 radical (unpaired) electrons. The molecule has 0 bridgehead atoms. The highest BCUT2D eigenvalue weighted by Gasteiger charge is 2.37. The van der Waals surface area contributed by atoms with E-state index in [1.54, 1.807) is 18.2 Å². The van der Waals surface area contributed by atoms with Gasteiger partial charge in [0.15, 0.2) is 5.78 Å². The normalized spacial score (nSPS) is 16.9. The van der Waals surface area contributed by atoms with Crippen molar-refractivity contribution in [3.63, 3.8) is 0 Å². The van der Waals surface area contributed by atoms with E-state index >= 15 is 0 Å². The van der Waals surface area contributed by atoms with Gasteiger partial charge in [0.25, 0.3) is 0 Å². The van der Waals surface area contributed by atoms with Crippen LogP contribution in [0.5, 0.6) is 0 Å². The van der Waals surface area contributed by atoms with Gasteiger partial charge in [-0.05, 0) is 43.9 Å². The van der Waals surface area contributed by atoms with E-state index in [4.69, 9.17) is 27.9 Å². The van der Waals surface area contributed by atoms with Gasteiger partial charge in [0.2, 0.25) is 0 Å². The van der Waals surface area contributed by atoms with Crippen LogP contribution in [0.25, 0.3) is 0 Å². The smallest absolute Gasteiger partial charge is 0.191 e. The van der Waals surface area contributed by atoms with Gasteiger partial charge in [-0.3, -0.25) is 4.79 Å². The molecule has 1 aromatic carbocycles. The van der Waals surface area contributed by atoms with Gasteiger partial charge < -0.3 is 4.74 Å². The van der Waals surface area contributed by atoms with Crippen LogP contribution in [-0.2, 0) is 4.74 Å². The third-order valence-electron chi connectivity index (χ3n) is 2.86. The van der Waals surface area contributed by atoms with E-state index in [1.165, 1.54) is 0 Å². The molecule has 1 aliphatic carbocycles. The number of Topliss-reactive ketones (excluding diaryl/α,β-unsaturated/α-hetero) is 1. The van der Waals surface area contributed by atoms with Crippen molar-refractivity contribution in [3.05, 3.63) is 33.8 Å². The van der Waals surface area contributed by atoms with E-state index in [-0.39, 0.29) is 11.9 Å². The van der Waals surface area contributed by atoms with Crippen LogP contribution in [0.2, 0.25) is 10.0 Å². The second kappa shape index (κ2) is 5.38. The van der Waals surface area contributed by atoms with Crippen molar-refractivity contribution >= 4 is 29.0 Å². The van der Waals surface area contributed by atoms with E-state index in [0.29, 0.717) is 28.1 Å². The maximum Gasteiger partial charge on any atom is 0.191 e. The van der Waals surface area contributed by atoms with Crippen molar-refractivity contribution in [2.24, 2.45) is 5.92 Å². The highest BCUT2D eigenvalue weighted by Crippen LogP contribution is 2.36. The summed E-state index contributed by atoms with van der Waals surface area (Å²) in [6, 6.07) is 4.96. The maximum absolute atomic E-state index is 12.3. The van der Waals surface area contributed by atoms with E-state index in [0.717, 1.165) is 12.8 Å². The molecular formula is C13H14Cl2O2. The van der Waals surface area contributed by atoms with E-state index in [1.807, 2.05) is 6.92 Å². The Morgan fingerprint density at radius 2 is 2.12 bits per heavy atom. The first-order valence-electron chi connectivity index (χ1n) is 5.74. The fourth-order valence-corrected chi connectivity index (χ4v) is 2.12. The van der Waals surface area contributed by atoms with E-state index < -0.39 is 0 Å². The lowest BCUT2D eigenvalue weighted by molar-refractivity contribution is 0.0374. The summed E-state index contributed by atoms with van der Waals surface area (Å²) in [6.07, 6.45) is 1.81. The molecule has 0 aromatic heterocycles. The molecule has 0 N–H and O–H groups in total. The largest absolute Gasteiger partial charge is 0.370 e. The third kappa shape index (κ3) is 3.01. The summed E-state index contributed by atoms with van der Waals surface area (Å²) in [5.74, 6) is 0.379. The first-order valence-corrected chi connectivity index (χ1v) is 6.50. The van der Waals surface area contributed by atoms with Gasteiger partial charge in [0.05, 0.1) is 10.0 Å². The lowest BCUT2D eigenvalue weighted by Crippen LogP contribution is -2.26. The molecule has 2 nitrogen and oxygen atoms in total. The number of ether oxygens (including phenoxy) is 1.